The molecule has 5 heteroatoms. The van der Waals surface area contributed by atoms with Crippen molar-refractivity contribution in [2.24, 2.45) is 5.73 Å². The van der Waals surface area contributed by atoms with Crippen molar-refractivity contribution < 1.29 is 15.0 Å². The fourth-order valence-corrected chi connectivity index (χ4v) is 1.66. The van der Waals surface area contributed by atoms with Crippen LogP contribution in [0.5, 0.6) is 5.88 Å². The number of carbonyl (C=O) groups is 1. The van der Waals surface area contributed by atoms with E-state index in [1.165, 1.54) is 4.57 Å². The molecule has 0 fully saturated rings. The van der Waals surface area contributed by atoms with Crippen LogP contribution in [0.3, 0.4) is 0 Å². The van der Waals surface area contributed by atoms with Gasteiger partial charge in [-0.05, 0) is 6.07 Å². The second-order valence-corrected chi connectivity index (χ2v) is 3.62. The number of carboxylic acids is 1. The van der Waals surface area contributed by atoms with E-state index in [1.807, 2.05) is 24.3 Å². The number of aromatic nitrogens is 1. The third-order valence-corrected chi connectivity index (χ3v) is 2.49. The van der Waals surface area contributed by atoms with Crippen molar-refractivity contribution in [1.29, 1.82) is 0 Å². The summed E-state index contributed by atoms with van der Waals surface area (Å²) in [5.74, 6) is -1.06. The molecule has 1 atom stereocenters. The second kappa shape index (κ2) is 3.86. The van der Waals surface area contributed by atoms with Gasteiger partial charge in [-0.15, -0.1) is 0 Å². The van der Waals surface area contributed by atoms with E-state index >= 15 is 0 Å². The predicted molar refractivity (Wildman–Crippen MR) is 59.2 cm³/mol. The van der Waals surface area contributed by atoms with Crippen LogP contribution in [0.1, 0.15) is 0 Å². The van der Waals surface area contributed by atoms with E-state index in [9.17, 15) is 9.90 Å². The molecule has 0 aliphatic rings. The summed E-state index contributed by atoms with van der Waals surface area (Å²) in [6.45, 7) is 0.0503. The van der Waals surface area contributed by atoms with Crippen molar-refractivity contribution in [3.8, 4) is 5.88 Å². The molecule has 0 radical (unpaired) electrons. The van der Waals surface area contributed by atoms with Crippen LogP contribution in [0.25, 0.3) is 10.9 Å². The predicted octanol–water partition coefficient (Wildman–Crippen LogP) is 0.759. The zero-order valence-corrected chi connectivity index (χ0v) is 8.50. The molecule has 0 saturated carbocycles. The first-order chi connectivity index (χ1) is 7.59. The third kappa shape index (κ3) is 1.72. The Hall–Kier alpha value is -2.01. The molecule has 1 aromatic heterocycles. The van der Waals surface area contributed by atoms with E-state index < -0.39 is 12.0 Å². The third-order valence-electron chi connectivity index (χ3n) is 2.49. The molecule has 0 aliphatic heterocycles. The van der Waals surface area contributed by atoms with Gasteiger partial charge in [-0.25, -0.2) is 0 Å². The number of nitrogens with two attached hydrogens (primary N) is 1. The van der Waals surface area contributed by atoms with E-state index in [1.54, 1.807) is 6.07 Å². The number of nitrogens with zero attached hydrogens (tertiary/aromatic N) is 1. The van der Waals surface area contributed by atoms with E-state index in [0.717, 1.165) is 10.9 Å². The van der Waals surface area contributed by atoms with E-state index in [4.69, 9.17) is 10.8 Å². The highest BCUT2D eigenvalue weighted by molar-refractivity contribution is 5.82. The number of fused-ring (bicyclic) bond motifs is 1. The van der Waals surface area contributed by atoms with Crippen molar-refractivity contribution in [2.45, 2.75) is 12.6 Å². The molecule has 0 saturated heterocycles. The van der Waals surface area contributed by atoms with E-state index in [2.05, 4.69) is 0 Å². The van der Waals surface area contributed by atoms with Crippen LogP contribution in [-0.4, -0.2) is 26.8 Å². The molecule has 5 nitrogen and oxygen atoms in total. The quantitative estimate of drug-likeness (QED) is 0.712. The molecule has 1 aromatic carbocycles. The zero-order chi connectivity index (χ0) is 11.7. The van der Waals surface area contributed by atoms with Crippen LogP contribution >= 0.6 is 0 Å². The highest BCUT2D eigenvalue weighted by atomic mass is 16.4. The first kappa shape index (κ1) is 10.5. The highest BCUT2D eigenvalue weighted by Crippen LogP contribution is 2.24. The average Bonchev–Trinajstić information content (AvgIpc) is 2.55. The molecule has 0 aliphatic carbocycles. The lowest BCUT2D eigenvalue weighted by molar-refractivity contribution is -0.138. The maximum atomic E-state index is 10.7. The first-order valence-electron chi connectivity index (χ1n) is 4.85. The molecule has 16 heavy (non-hydrogen) atoms. The molecule has 1 heterocycles. The van der Waals surface area contributed by atoms with Crippen LogP contribution < -0.4 is 5.73 Å². The highest BCUT2D eigenvalue weighted by Gasteiger charge is 2.15. The molecular weight excluding hydrogens is 208 g/mol. The Balaban J connectivity index is 2.43. The van der Waals surface area contributed by atoms with Gasteiger partial charge in [0.15, 0.2) is 5.88 Å². The lowest BCUT2D eigenvalue weighted by Crippen LogP contribution is -2.34. The van der Waals surface area contributed by atoms with Gasteiger partial charge in [-0.2, -0.15) is 0 Å². The molecule has 4 N–H and O–H groups in total. The number of aromatic hydroxyl groups is 1. The lowest BCUT2D eigenvalue weighted by atomic mass is 10.2. The fourth-order valence-electron chi connectivity index (χ4n) is 1.66. The fraction of sp³-hybridized carbons (Fsp3) is 0.182. The summed E-state index contributed by atoms with van der Waals surface area (Å²) in [7, 11) is 0. The van der Waals surface area contributed by atoms with Crippen LogP contribution in [0.15, 0.2) is 30.3 Å². The first-order valence-corrected chi connectivity index (χ1v) is 4.85. The van der Waals surface area contributed by atoms with Gasteiger partial charge in [-0.1, -0.05) is 18.2 Å². The van der Waals surface area contributed by atoms with Crippen molar-refractivity contribution in [2.75, 3.05) is 0 Å². The maximum absolute atomic E-state index is 10.7. The molecule has 1 unspecified atom stereocenters. The molecular formula is C11H12N2O3. The van der Waals surface area contributed by atoms with Gasteiger partial charge in [0, 0.05) is 11.5 Å². The Morgan fingerprint density at radius 3 is 2.81 bits per heavy atom. The molecule has 84 valence electrons. The normalized spacial score (nSPS) is 12.8. The van der Waals surface area contributed by atoms with Crippen molar-refractivity contribution >= 4 is 16.9 Å². The maximum Gasteiger partial charge on any atom is 0.322 e. The summed E-state index contributed by atoms with van der Waals surface area (Å²) in [6.07, 6.45) is 0. The summed E-state index contributed by atoms with van der Waals surface area (Å²) in [5, 5.41) is 19.3. The van der Waals surface area contributed by atoms with Gasteiger partial charge in [-0.3, -0.25) is 4.79 Å². The van der Waals surface area contributed by atoms with Crippen LogP contribution in [0.2, 0.25) is 0 Å². The van der Waals surface area contributed by atoms with Crippen molar-refractivity contribution in [3.05, 3.63) is 30.3 Å². The zero-order valence-electron chi connectivity index (χ0n) is 8.50. The number of benzene rings is 1. The van der Waals surface area contributed by atoms with Crippen LogP contribution in [-0.2, 0) is 11.3 Å². The topological polar surface area (TPSA) is 88.5 Å². The summed E-state index contributed by atoms with van der Waals surface area (Å²) < 4.78 is 1.49. The number of hydrogen-bond acceptors (Lipinski definition) is 3. The minimum absolute atomic E-state index is 0.0258. The number of aliphatic carboxylic acids is 1. The summed E-state index contributed by atoms with van der Waals surface area (Å²) in [6, 6.07) is 7.89. The molecule has 0 bridgehead atoms. The largest absolute Gasteiger partial charge is 0.494 e. The summed E-state index contributed by atoms with van der Waals surface area (Å²) >= 11 is 0. The number of para-hydroxylation sites is 1. The Labute approximate surface area is 91.7 Å². The van der Waals surface area contributed by atoms with Gasteiger partial charge >= 0.3 is 5.97 Å². The Kier molecular flexibility index (Phi) is 2.54. The van der Waals surface area contributed by atoms with Crippen molar-refractivity contribution in [1.82, 2.24) is 4.57 Å². The second-order valence-electron chi connectivity index (χ2n) is 3.62. The molecule has 0 spiro atoms. The average molecular weight is 220 g/mol. The summed E-state index contributed by atoms with van der Waals surface area (Å²) in [5.41, 5.74) is 6.21. The van der Waals surface area contributed by atoms with Gasteiger partial charge in [0.05, 0.1) is 12.1 Å². The van der Waals surface area contributed by atoms with Gasteiger partial charge in [0.1, 0.15) is 6.04 Å². The molecule has 2 rings (SSSR count). The number of carboxylic acid groups (broad SMARTS) is 1. The van der Waals surface area contributed by atoms with Crippen molar-refractivity contribution in [3.63, 3.8) is 0 Å². The molecule has 0 amide bonds. The number of rotatable bonds is 3. The Morgan fingerprint density at radius 2 is 2.12 bits per heavy atom. The minimum Gasteiger partial charge on any atom is -0.494 e. The standard InChI is InChI=1S/C11H12N2O3/c12-8(11(15)16)6-13-9-4-2-1-3-7(9)5-10(13)14/h1-5,8,14H,6,12H2,(H,15,16). The van der Waals surface area contributed by atoms with E-state index in [0.29, 0.717) is 0 Å². The minimum atomic E-state index is -1.09. The van der Waals surface area contributed by atoms with Crippen LogP contribution in [0.4, 0.5) is 0 Å². The van der Waals surface area contributed by atoms with Gasteiger partial charge in [0.25, 0.3) is 0 Å². The summed E-state index contributed by atoms with van der Waals surface area (Å²) in [4.78, 5) is 10.7. The van der Waals surface area contributed by atoms with Crippen LogP contribution in [0, 0.1) is 0 Å². The Morgan fingerprint density at radius 1 is 1.44 bits per heavy atom. The molecule has 2 aromatic rings. The van der Waals surface area contributed by atoms with E-state index in [-0.39, 0.29) is 12.4 Å². The van der Waals surface area contributed by atoms with Gasteiger partial charge in [0.2, 0.25) is 0 Å². The van der Waals surface area contributed by atoms with Gasteiger partial charge < -0.3 is 20.5 Å². The smallest absolute Gasteiger partial charge is 0.322 e. The Bertz CT molecular complexity index is 533. The monoisotopic (exact) mass is 220 g/mol. The number of hydrogen-bond donors (Lipinski definition) is 3. The SMILES string of the molecule is NC(Cn1c(O)cc2ccccc21)C(=O)O. The lowest BCUT2D eigenvalue weighted by Gasteiger charge is -2.10.